The third-order valence-corrected chi connectivity index (χ3v) is 5.58. The van der Waals surface area contributed by atoms with Crippen molar-refractivity contribution in [3.63, 3.8) is 0 Å². The van der Waals surface area contributed by atoms with E-state index in [1.54, 1.807) is 17.0 Å². The number of carbonyl (C=O) groups is 2. The van der Waals surface area contributed by atoms with Crippen LogP contribution in [0.1, 0.15) is 31.2 Å². The lowest BCUT2D eigenvalue weighted by Gasteiger charge is -2.33. The van der Waals surface area contributed by atoms with Crippen molar-refractivity contribution in [2.75, 3.05) is 26.2 Å². The molecule has 0 aromatic heterocycles. The molecule has 0 unspecified atom stereocenters. The molecule has 2 heterocycles. The largest absolute Gasteiger partial charge is 0.342 e. The van der Waals surface area contributed by atoms with Crippen LogP contribution in [0.3, 0.4) is 0 Å². The zero-order chi connectivity index (χ0) is 17.8. The predicted octanol–water partition coefficient (Wildman–Crippen LogP) is 3.54. The van der Waals surface area contributed by atoms with E-state index < -0.39 is 0 Å². The monoisotopic (exact) mass is 383 g/mol. The molecule has 2 aliphatic rings. The molecular formula is C18H23Cl2N3O2. The average molecular weight is 384 g/mol. The molecule has 2 saturated heterocycles. The van der Waals surface area contributed by atoms with E-state index in [0.717, 1.165) is 44.3 Å². The summed E-state index contributed by atoms with van der Waals surface area (Å²) in [6.07, 6.45) is 3.70. The Hall–Kier alpha value is -1.46. The van der Waals surface area contributed by atoms with Crippen molar-refractivity contribution in [2.24, 2.45) is 5.92 Å². The fraction of sp³-hybridized carbons (Fsp3) is 0.556. The van der Waals surface area contributed by atoms with Gasteiger partial charge in [-0.2, -0.15) is 0 Å². The number of hydrogen-bond donors (Lipinski definition) is 1. The standard InChI is InChI=1S/C18H23Cl2N3O2/c19-15-4-3-14(16(20)11-15)12-21-18(25)23-9-5-13(6-10-23)17(24)22-7-1-2-8-22/h3-4,11,13H,1-2,5-10,12H2,(H,21,25). The lowest BCUT2D eigenvalue weighted by Crippen LogP contribution is -2.47. The molecule has 0 spiro atoms. The third-order valence-electron chi connectivity index (χ3n) is 4.99. The summed E-state index contributed by atoms with van der Waals surface area (Å²) in [7, 11) is 0. The van der Waals surface area contributed by atoms with Crippen LogP contribution in [-0.2, 0) is 11.3 Å². The van der Waals surface area contributed by atoms with Crippen LogP contribution in [0.4, 0.5) is 4.79 Å². The van der Waals surface area contributed by atoms with Crippen LogP contribution in [0.25, 0.3) is 0 Å². The van der Waals surface area contributed by atoms with Crippen molar-refractivity contribution in [1.29, 1.82) is 0 Å². The highest BCUT2D eigenvalue weighted by atomic mass is 35.5. The number of nitrogens with one attached hydrogen (secondary N) is 1. The molecule has 0 atom stereocenters. The van der Waals surface area contributed by atoms with Gasteiger partial charge in [-0.05, 0) is 43.4 Å². The Labute approximate surface area is 158 Å². The van der Waals surface area contributed by atoms with Crippen LogP contribution >= 0.6 is 23.2 Å². The summed E-state index contributed by atoms with van der Waals surface area (Å²) >= 11 is 12.0. The van der Waals surface area contributed by atoms with Crippen molar-refractivity contribution in [2.45, 2.75) is 32.2 Å². The number of carbonyl (C=O) groups excluding carboxylic acids is 2. The molecule has 2 aliphatic heterocycles. The number of urea groups is 1. The van der Waals surface area contributed by atoms with E-state index in [-0.39, 0.29) is 17.9 Å². The third kappa shape index (κ3) is 4.59. The molecule has 2 fully saturated rings. The summed E-state index contributed by atoms with van der Waals surface area (Å²) in [6, 6.07) is 5.12. The van der Waals surface area contributed by atoms with E-state index in [1.807, 2.05) is 11.0 Å². The van der Waals surface area contributed by atoms with Gasteiger partial charge in [0.15, 0.2) is 0 Å². The van der Waals surface area contributed by atoms with Gasteiger partial charge in [-0.3, -0.25) is 4.79 Å². The Morgan fingerprint density at radius 3 is 2.36 bits per heavy atom. The fourth-order valence-electron chi connectivity index (χ4n) is 3.47. The van der Waals surface area contributed by atoms with E-state index in [4.69, 9.17) is 23.2 Å². The zero-order valence-corrected chi connectivity index (χ0v) is 15.7. The van der Waals surface area contributed by atoms with E-state index in [9.17, 15) is 9.59 Å². The summed E-state index contributed by atoms with van der Waals surface area (Å²) in [5.41, 5.74) is 0.832. The molecule has 0 radical (unpaired) electrons. The number of nitrogens with zero attached hydrogens (tertiary/aromatic N) is 2. The topological polar surface area (TPSA) is 52.7 Å². The van der Waals surface area contributed by atoms with Gasteiger partial charge in [-0.1, -0.05) is 29.3 Å². The molecule has 0 bridgehead atoms. The van der Waals surface area contributed by atoms with E-state index in [0.29, 0.717) is 29.7 Å². The van der Waals surface area contributed by atoms with Crippen LogP contribution in [0.2, 0.25) is 10.0 Å². The van der Waals surface area contributed by atoms with Crippen molar-refractivity contribution in [3.05, 3.63) is 33.8 Å². The maximum absolute atomic E-state index is 12.4. The van der Waals surface area contributed by atoms with Crippen LogP contribution in [0.15, 0.2) is 18.2 Å². The van der Waals surface area contributed by atoms with Crippen LogP contribution in [0, 0.1) is 5.92 Å². The number of benzene rings is 1. The molecule has 1 N–H and O–H groups in total. The summed E-state index contributed by atoms with van der Waals surface area (Å²) in [4.78, 5) is 28.5. The van der Waals surface area contributed by atoms with Crippen LogP contribution in [0.5, 0.6) is 0 Å². The zero-order valence-electron chi connectivity index (χ0n) is 14.1. The molecule has 7 heteroatoms. The lowest BCUT2D eigenvalue weighted by molar-refractivity contribution is -0.135. The molecule has 5 nitrogen and oxygen atoms in total. The van der Waals surface area contributed by atoms with Gasteiger partial charge >= 0.3 is 6.03 Å². The minimum atomic E-state index is -0.113. The van der Waals surface area contributed by atoms with Gasteiger partial charge in [0.05, 0.1) is 0 Å². The first-order valence-corrected chi connectivity index (χ1v) is 9.55. The molecular weight excluding hydrogens is 361 g/mol. The Kier molecular flexibility index (Phi) is 6.07. The number of likely N-dealkylation sites (tertiary alicyclic amines) is 2. The van der Waals surface area contributed by atoms with E-state index in [1.165, 1.54) is 0 Å². The normalized spacial score (nSPS) is 18.5. The summed E-state index contributed by atoms with van der Waals surface area (Å²) < 4.78 is 0. The number of piperidine rings is 1. The van der Waals surface area contributed by atoms with Gasteiger partial charge in [0.1, 0.15) is 0 Å². The van der Waals surface area contributed by atoms with Crippen molar-refractivity contribution < 1.29 is 9.59 Å². The molecule has 0 saturated carbocycles. The smallest absolute Gasteiger partial charge is 0.317 e. The molecule has 136 valence electrons. The molecule has 0 aliphatic carbocycles. The van der Waals surface area contributed by atoms with E-state index in [2.05, 4.69) is 5.32 Å². The second-order valence-corrected chi connectivity index (χ2v) is 7.53. The fourth-order valence-corrected chi connectivity index (χ4v) is 3.95. The first-order valence-electron chi connectivity index (χ1n) is 8.80. The van der Waals surface area contributed by atoms with Gasteiger partial charge in [0, 0.05) is 48.7 Å². The number of hydrogen-bond acceptors (Lipinski definition) is 2. The summed E-state index contributed by atoms with van der Waals surface area (Å²) in [5, 5.41) is 4.01. The lowest BCUT2D eigenvalue weighted by atomic mass is 9.95. The second kappa shape index (κ2) is 8.28. The van der Waals surface area contributed by atoms with Gasteiger partial charge in [-0.15, -0.1) is 0 Å². The van der Waals surface area contributed by atoms with Crippen molar-refractivity contribution >= 4 is 35.1 Å². The van der Waals surface area contributed by atoms with Gasteiger partial charge < -0.3 is 15.1 Å². The maximum Gasteiger partial charge on any atom is 0.317 e. The number of amides is 3. The maximum atomic E-state index is 12.4. The highest BCUT2D eigenvalue weighted by molar-refractivity contribution is 6.35. The van der Waals surface area contributed by atoms with Gasteiger partial charge in [-0.25, -0.2) is 4.79 Å². The van der Waals surface area contributed by atoms with Gasteiger partial charge in [0.25, 0.3) is 0 Å². The van der Waals surface area contributed by atoms with Crippen LogP contribution < -0.4 is 5.32 Å². The van der Waals surface area contributed by atoms with Crippen molar-refractivity contribution in [1.82, 2.24) is 15.1 Å². The molecule has 1 aromatic rings. The Morgan fingerprint density at radius 1 is 1.04 bits per heavy atom. The van der Waals surface area contributed by atoms with Gasteiger partial charge in [0.2, 0.25) is 5.91 Å². The average Bonchev–Trinajstić information content (AvgIpc) is 3.15. The summed E-state index contributed by atoms with van der Waals surface area (Å²) in [6.45, 7) is 3.37. The quantitative estimate of drug-likeness (QED) is 0.867. The Morgan fingerprint density at radius 2 is 1.72 bits per heavy atom. The van der Waals surface area contributed by atoms with Crippen molar-refractivity contribution in [3.8, 4) is 0 Å². The van der Waals surface area contributed by atoms with Crippen LogP contribution in [-0.4, -0.2) is 47.9 Å². The molecule has 3 rings (SSSR count). The molecule has 1 aromatic carbocycles. The first-order chi connectivity index (χ1) is 12.0. The highest BCUT2D eigenvalue weighted by Gasteiger charge is 2.31. The number of rotatable bonds is 3. The second-order valence-electron chi connectivity index (χ2n) is 6.69. The predicted molar refractivity (Wildman–Crippen MR) is 98.8 cm³/mol. The Bertz CT molecular complexity index is 639. The minimum absolute atomic E-state index is 0.0628. The number of halogens is 2. The minimum Gasteiger partial charge on any atom is -0.342 e. The first kappa shape index (κ1) is 18.3. The molecule has 3 amide bonds. The molecule has 25 heavy (non-hydrogen) atoms. The highest BCUT2D eigenvalue weighted by Crippen LogP contribution is 2.23. The SMILES string of the molecule is O=C(NCc1ccc(Cl)cc1Cl)N1CCC(C(=O)N2CCCC2)CC1. The Balaban J connectivity index is 1.45. The van der Waals surface area contributed by atoms with E-state index >= 15 is 0 Å². The summed E-state index contributed by atoms with van der Waals surface area (Å²) in [5.74, 6) is 0.332.